The van der Waals surface area contributed by atoms with Crippen molar-refractivity contribution in [3.8, 4) is 0 Å². The minimum Gasteiger partial charge on any atom is -0.398 e. The molecular weight excluding hydrogens is 494 g/mol. The SMILES string of the molecule is NC(=CC(=Nc1ccc(NC(=O)c2ccc(F)c(Br)c2)nc1)C(F)(F)F)c1cccnc1. The number of hydrogen-bond acceptors (Lipinski definition) is 5. The molecule has 0 unspecified atom stereocenters. The third-order valence-electron chi connectivity index (χ3n) is 4.00. The maximum absolute atomic E-state index is 13.4. The Morgan fingerprint density at radius 2 is 1.91 bits per heavy atom. The van der Waals surface area contributed by atoms with Crippen LogP contribution >= 0.6 is 15.9 Å². The maximum atomic E-state index is 13.4. The van der Waals surface area contributed by atoms with Crippen molar-refractivity contribution in [1.29, 1.82) is 0 Å². The van der Waals surface area contributed by atoms with Crippen molar-refractivity contribution in [3.05, 3.63) is 88.5 Å². The highest BCUT2D eigenvalue weighted by molar-refractivity contribution is 9.10. The number of nitrogens with zero attached hydrogens (tertiary/aromatic N) is 3. The van der Waals surface area contributed by atoms with Gasteiger partial charge in [0.25, 0.3) is 5.91 Å². The Hall–Kier alpha value is -3.60. The molecule has 0 bridgehead atoms. The fourth-order valence-corrected chi connectivity index (χ4v) is 2.81. The molecule has 0 atom stereocenters. The van der Waals surface area contributed by atoms with Gasteiger partial charge in [-0.05, 0) is 64.5 Å². The summed E-state index contributed by atoms with van der Waals surface area (Å²) in [6, 6.07) is 9.29. The Bertz CT molecular complexity index is 1180. The highest BCUT2D eigenvalue weighted by Crippen LogP contribution is 2.24. The number of carbonyl (C=O) groups excluding carboxylic acids is 1. The van der Waals surface area contributed by atoms with Crippen molar-refractivity contribution >= 4 is 44.8 Å². The molecule has 0 radical (unpaired) electrons. The molecule has 32 heavy (non-hydrogen) atoms. The van der Waals surface area contributed by atoms with Crippen molar-refractivity contribution in [2.24, 2.45) is 10.7 Å². The molecule has 2 aromatic heterocycles. The number of halogens is 5. The maximum Gasteiger partial charge on any atom is 0.433 e. The number of carbonyl (C=O) groups is 1. The summed E-state index contributed by atoms with van der Waals surface area (Å²) in [5, 5.41) is 2.47. The number of hydrogen-bond donors (Lipinski definition) is 2. The van der Waals surface area contributed by atoms with Crippen LogP contribution in [0.2, 0.25) is 0 Å². The number of pyridine rings is 2. The van der Waals surface area contributed by atoms with Crippen LogP contribution in [0.25, 0.3) is 5.70 Å². The van der Waals surface area contributed by atoms with Crippen LogP contribution in [0.5, 0.6) is 0 Å². The molecule has 11 heteroatoms. The van der Waals surface area contributed by atoms with E-state index in [1.807, 2.05) is 0 Å². The van der Waals surface area contributed by atoms with E-state index in [0.717, 1.165) is 12.3 Å². The number of anilines is 1. The molecule has 0 aliphatic rings. The summed E-state index contributed by atoms with van der Waals surface area (Å²) in [5.41, 5.74) is 4.74. The summed E-state index contributed by atoms with van der Waals surface area (Å²) in [5.74, 6) is -1.02. The van der Waals surface area contributed by atoms with E-state index in [-0.39, 0.29) is 27.2 Å². The molecule has 0 aliphatic carbocycles. The van der Waals surface area contributed by atoms with E-state index in [9.17, 15) is 22.4 Å². The fraction of sp³-hybridized carbons (Fsp3) is 0.0476. The van der Waals surface area contributed by atoms with E-state index in [0.29, 0.717) is 11.6 Å². The van der Waals surface area contributed by atoms with Crippen LogP contribution in [0.3, 0.4) is 0 Å². The summed E-state index contributed by atoms with van der Waals surface area (Å²) in [6.45, 7) is 0. The van der Waals surface area contributed by atoms with Crippen molar-refractivity contribution in [1.82, 2.24) is 9.97 Å². The van der Waals surface area contributed by atoms with Crippen molar-refractivity contribution < 1.29 is 22.4 Å². The molecular formula is C21H14BrF4N5O. The second-order valence-corrected chi connectivity index (χ2v) is 7.18. The van der Waals surface area contributed by atoms with Crippen LogP contribution in [0.1, 0.15) is 15.9 Å². The van der Waals surface area contributed by atoms with Crippen LogP contribution in [-0.4, -0.2) is 27.8 Å². The van der Waals surface area contributed by atoms with Crippen molar-refractivity contribution in [2.45, 2.75) is 6.18 Å². The largest absolute Gasteiger partial charge is 0.433 e. The first-order valence-corrected chi connectivity index (χ1v) is 9.68. The lowest BCUT2D eigenvalue weighted by molar-refractivity contribution is -0.0576. The van der Waals surface area contributed by atoms with Gasteiger partial charge >= 0.3 is 6.18 Å². The summed E-state index contributed by atoms with van der Waals surface area (Å²) in [6.07, 6.45) is -0.195. The molecule has 3 N–H and O–H groups in total. The van der Waals surface area contributed by atoms with Gasteiger partial charge in [-0.25, -0.2) is 14.4 Å². The predicted molar refractivity (Wildman–Crippen MR) is 116 cm³/mol. The smallest absolute Gasteiger partial charge is 0.398 e. The topological polar surface area (TPSA) is 93.3 Å². The first-order chi connectivity index (χ1) is 15.1. The van der Waals surface area contributed by atoms with Crippen molar-refractivity contribution in [2.75, 3.05) is 5.32 Å². The molecule has 164 valence electrons. The number of aromatic nitrogens is 2. The van der Waals surface area contributed by atoms with Crippen LogP contribution in [-0.2, 0) is 0 Å². The molecule has 1 amide bonds. The third kappa shape index (κ3) is 5.97. The second-order valence-electron chi connectivity index (χ2n) is 6.32. The Labute approximate surface area is 188 Å². The first-order valence-electron chi connectivity index (χ1n) is 8.89. The van der Waals surface area contributed by atoms with Gasteiger partial charge in [-0.1, -0.05) is 0 Å². The molecule has 6 nitrogen and oxygen atoms in total. The van der Waals surface area contributed by atoms with Gasteiger partial charge in [-0.15, -0.1) is 0 Å². The predicted octanol–water partition coefficient (Wildman–Crippen LogP) is 5.27. The van der Waals surface area contributed by atoms with Gasteiger partial charge in [0.1, 0.15) is 17.3 Å². The third-order valence-corrected chi connectivity index (χ3v) is 4.61. The highest BCUT2D eigenvalue weighted by Gasteiger charge is 2.34. The lowest BCUT2D eigenvalue weighted by Crippen LogP contribution is -2.22. The number of allylic oxidation sites excluding steroid dienone is 1. The summed E-state index contributed by atoms with van der Waals surface area (Å²) < 4.78 is 53.7. The fourth-order valence-electron chi connectivity index (χ4n) is 2.43. The molecule has 0 aliphatic heterocycles. The van der Waals surface area contributed by atoms with Gasteiger partial charge in [-0.3, -0.25) is 9.78 Å². The van der Waals surface area contributed by atoms with Gasteiger partial charge in [0.2, 0.25) is 0 Å². The Balaban J connectivity index is 1.81. The number of alkyl halides is 3. The zero-order valence-electron chi connectivity index (χ0n) is 16.1. The number of benzene rings is 1. The van der Waals surface area contributed by atoms with E-state index in [1.54, 1.807) is 6.07 Å². The number of rotatable bonds is 5. The van der Waals surface area contributed by atoms with Gasteiger partial charge in [0.15, 0.2) is 0 Å². The average molecular weight is 508 g/mol. The summed E-state index contributed by atoms with van der Waals surface area (Å²) >= 11 is 2.99. The Morgan fingerprint density at radius 1 is 1.12 bits per heavy atom. The van der Waals surface area contributed by atoms with Gasteiger partial charge in [-0.2, -0.15) is 13.2 Å². The molecule has 0 spiro atoms. The van der Waals surface area contributed by atoms with E-state index < -0.39 is 23.6 Å². The van der Waals surface area contributed by atoms with Gasteiger partial charge in [0, 0.05) is 29.2 Å². The zero-order chi connectivity index (χ0) is 23.3. The van der Waals surface area contributed by atoms with Crippen LogP contribution in [0.15, 0.2) is 76.6 Å². The van der Waals surface area contributed by atoms with Crippen molar-refractivity contribution in [3.63, 3.8) is 0 Å². The summed E-state index contributed by atoms with van der Waals surface area (Å²) in [4.78, 5) is 23.5. The average Bonchev–Trinajstić information content (AvgIpc) is 2.76. The minimum atomic E-state index is -4.77. The number of nitrogens with one attached hydrogen (secondary N) is 1. The van der Waals surface area contributed by atoms with Crippen LogP contribution in [0, 0.1) is 5.82 Å². The lowest BCUT2D eigenvalue weighted by Gasteiger charge is -2.09. The van der Waals surface area contributed by atoms with Crippen LogP contribution in [0.4, 0.5) is 29.1 Å². The molecule has 1 aromatic carbocycles. The quantitative estimate of drug-likeness (QED) is 0.363. The van der Waals surface area contributed by atoms with E-state index in [1.165, 1.54) is 42.7 Å². The number of amides is 1. The van der Waals surface area contributed by atoms with Crippen LogP contribution < -0.4 is 11.1 Å². The minimum absolute atomic E-state index is 0.0772. The zero-order valence-corrected chi connectivity index (χ0v) is 17.7. The molecule has 3 rings (SSSR count). The normalized spacial score (nSPS) is 12.5. The standard InChI is InChI=1S/C21H14BrF4N5O/c22-15-8-12(3-5-16(15)23)20(32)31-19-6-4-14(11-29-19)30-18(21(24,25)26)9-17(27)13-2-1-7-28-10-13/h1-11H,27H2,(H,29,31,32). The Morgan fingerprint density at radius 3 is 2.50 bits per heavy atom. The number of nitrogens with two attached hydrogens (primary N) is 1. The second kappa shape index (κ2) is 9.69. The number of aliphatic imine (C=N–C) groups is 1. The van der Waals surface area contributed by atoms with E-state index in [2.05, 4.69) is 36.2 Å². The molecule has 2 heterocycles. The monoisotopic (exact) mass is 507 g/mol. The van der Waals surface area contributed by atoms with E-state index >= 15 is 0 Å². The molecule has 0 saturated heterocycles. The summed E-state index contributed by atoms with van der Waals surface area (Å²) in [7, 11) is 0. The lowest BCUT2D eigenvalue weighted by atomic mass is 10.1. The van der Waals surface area contributed by atoms with Gasteiger partial charge < -0.3 is 11.1 Å². The first kappa shape index (κ1) is 23.1. The molecule has 3 aromatic rings. The molecule has 0 saturated carbocycles. The molecule has 0 fully saturated rings. The van der Waals surface area contributed by atoms with Gasteiger partial charge in [0.05, 0.1) is 16.4 Å². The Kier molecular flexibility index (Phi) is 6.98. The highest BCUT2D eigenvalue weighted by atomic mass is 79.9. The van der Waals surface area contributed by atoms with E-state index in [4.69, 9.17) is 5.73 Å².